The van der Waals surface area contributed by atoms with Gasteiger partial charge in [0.25, 0.3) is 0 Å². The Balaban J connectivity index is 2.72. The van der Waals surface area contributed by atoms with Crippen molar-refractivity contribution in [3.63, 3.8) is 0 Å². The normalized spacial score (nSPS) is 9.94. The van der Waals surface area contributed by atoms with Crippen LogP contribution in [-0.2, 0) is 0 Å². The first-order chi connectivity index (χ1) is 8.11. The maximum Gasteiger partial charge on any atom is 0.0998 e. The first-order valence-corrected chi connectivity index (χ1v) is 6.26. The van der Waals surface area contributed by atoms with Crippen molar-refractivity contribution in [1.29, 1.82) is 5.26 Å². The van der Waals surface area contributed by atoms with E-state index in [1.165, 1.54) is 0 Å². The van der Waals surface area contributed by atoms with Gasteiger partial charge in [-0.05, 0) is 71.0 Å². The minimum Gasteiger partial charge on any atom is -0.399 e. The third-order valence-electron chi connectivity index (χ3n) is 2.65. The van der Waals surface area contributed by atoms with Crippen molar-refractivity contribution in [3.8, 4) is 17.2 Å². The molecular weight excluding hydrogens is 323 g/mol. The minimum absolute atomic E-state index is 0.657. The van der Waals surface area contributed by atoms with Gasteiger partial charge in [0, 0.05) is 14.8 Å². The Bertz CT molecular complexity index is 612. The van der Waals surface area contributed by atoms with Crippen LogP contribution in [0.1, 0.15) is 11.1 Å². The van der Waals surface area contributed by atoms with Crippen LogP contribution in [0.25, 0.3) is 11.1 Å². The predicted molar refractivity (Wildman–Crippen MR) is 78.5 cm³/mol. The summed E-state index contributed by atoms with van der Waals surface area (Å²) in [5, 5.41) is 9.14. The molecule has 0 saturated heterocycles. The highest BCUT2D eigenvalue weighted by Gasteiger charge is 2.08. The third-order valence-corrected chi connectivity index (χ3v) is 3.32. The third kappa shape index (κ3) is 2.42. The highest BCUT2D eigenvalue weighted by molar-refractivity contribution is 14.1. The van der Waals surface area contributed by atoms with E-state index in [2.05, 4.69) is 46.9 Å². The zero-order chi connectivity index (χ0) is 12.4. The van der Waals surface area contributed by atoms with Gasteiger partial charge in [-0.25, -0.2) is 0 Å². The molecule has 0 spiro atoms. The molecule has 17 heavy (non-hydrogen) atoms. The predicted octanol–water partition coefficient (Wildman–Crippen LogP) is 3.72. The number of nitrogen functional groups attached to an aromatic ring is 1. The van der Waals surface area contributed by atoms with Crippen LogP contribution in [0.3, 0.4) is 0 Å². The second kappa shape index (κ2) is 4.76. The molecule has 0 unspecified atom stereocenters. The van der Waals surface area contributed by atoms with E-state index in [1.54, 1.807) is 12.1 Å². The zero-order valence-electron chi connectivity index (χ0n) is 9.37. The fourth-order valence-electron chi connectivity index (χ4n) is 1.77. The molecule has 0 heterocycles. The number of rotatable bonds is 1. The van der Waals surface area contributed by atoms with Gasteiger partial charge in [0.15, 0.2) is 0 Å². The Hall–Kier alpha value is -1.54. The topological polar surface area (TPSA) is 49.8 Å². The van der Waals surface area contributed by atoms with Crippen LogP contribution in [0.2, 0.25) is 0 Å². The van der Waals surface area contributed by atoms with Gasteiger partial charge >= 0.3 is 0 Å². The number of anilines is 1. The van der Waals surface area contributed by atoms with Crippen LogP contribution in [0.15, 0.2) is 36.4 Å². The standard InChI is InChI=1S/C14H11IN2/c1-9-2-4-11(15)6-13(9)14-7-12(17)5-3-10(14)8-16/h2-7H,17H2,1H3. The molecule has 0 aromatic heterocycles. The number of halogens is 1. The second-order valence-electron chi connectivity index (χ2n) is 3.88. The summed E-state index contributed by atoms with van der Waals surface area (Å²) in [4.78, 5) is 0. The largest absolute Gasteiger partial charge is 0.399 e. The average Bonchev–Trinajstić information content (AvgIpc) is 2.32. The first-order valence-electron chi connectivity index (χ1n) is 5.18. The Labute approximate surface area is 114 Å². The van der Waals surface area contributed by atoms with Gasteiger partial charge in [-0.2, -0.15) is 5.26 Å². The van der Waals surface area contributed by atoms with Gasteiger partial charge in [0.1, 0.15) is 0 Å². The van der Waals surface area contributed by atoms with Gasteiger partial charge < -0.3 is 5.73 Å². The summed E-state index contributed by atoms with van der Waals surface area (Å²) in [5.41, 5.74) is 10.3. The number of hydrogen-bond donors (Lipinski definition) is 1. The quantitative estimate of drug-likeness (QED) is 0.638. The Morgan fingerprint density at radius 1 is 1.12 bits per heavy atom. The lowest BCUT2D eigenvalue weighted by Gasteiger charge is -2.09. The van der Waals surface area contributed by atoms with Crippen LogP contribution in [-0.4, -0.2) is 0 Å². The van der Waals surface area contributed by atoms with Crippen LogP contribution in [0.4, 0.5) is 5.69 Å². The van der Waals surface area contributed by atoms with E-state index >= 15 is 0 Å². The molecule has 0 aliphatic rings. The lowest BCUT2D eigenvalue weighted by molar-refractivity contribution is 1.42. The molecule has 3 heteroatoms. The summed E-state index contributed by atoms with van der Waals surface area (Å²) in [6.45, 7) is 2.04. The zero-order valence-corrected chi connectivity index (χ0v) is 11.5. The molecule has 0 radical (unpaired) electrons. The average molecular weight is 334 g/mol. The van der Waals surface area contributed by atoms with E-state index in [0.717, 1.165) is 20.3 Å². The highest BCUT2D eigenvalue weighted by Crippen LogP contribution is 2.29. The molecule has 0 atom stereocenters. The van der Waals surface area contributed by atoms with E-state index in [-0.39, 0.29) is 0 Å². The molecule has 2 N–H and O–H groups in total. The van der Waals surface area contributed by atoms with Crippen molar-refractivity contribution in [2.24, 2.45) is 0 Å². The molecule has 2 aromatic carbocycles. The number of nitrogens with two attached hydrogens (primary N) is 1. The molecule has 2 aromatic rings. The molecule has 0 bridgehead atoms. The summed E-state index contributed by atoms with van der Waals surface area (Å²) in [5.74, 6) is 0. The molecule has 0 aliphatic heterocycles. The molecule has 2 nitrogen and oxygen atoms in total. The SMILES string of the molecule is Cc1ccc(I)cc1-c1cc(N)ccc1C#N. The molecule has 0 amide bonds. The Morgan fingerprint density at radius 2 is 1.88 bits per heavy atom. The second-order valence-corrected chi connectivity index (χ2v) is 5.12. The summed E-state index contributed by atoms with van der Waals surface area (Å²) >= 11 is 2.27. The first kappa shape index (κ1) is 11.9. The number of aryl methyl sites for hydroxylation is 1. The van der Waals surface area contributed by atoms with Gasteiger partial charge in [-0.15, -0.1) is 0 Å². The van der Waals surface area contributed by atoms with Gasteiger partial charge in [-0.1, -0.05) is 6.07 Å². The van der Waals surface area contributed by atoms with E-state index in [4.69, 9.17) is 11.0 Å². The fourth-order valence-corrected chi connectivity index (χ4v) is 2.26. The lowest BCUT2D eigenvalue weighted by Crippen LogP contribution is -1.92. The van der Waals surface area contributed by atoms with Crippen LogP contribution in [0.5, 0.6) is 0 Å². The van der Waals surface area contributed by atoms with Gasteiger partial charge in [0.2, 0.25) is 0 Å². The molecular formula is C14H11IN2. The van der Waals surface area contributed by atoms with Crippen molar-refractivity contribution in [1.82, 2.24) is 0 Å². The van der Waals surface area contributed by atoms with Crippen LogP contribution in [0, 0.1) is 21.8 Å². The maximum atomic E-state index is 9.14. The number of benzene rings is 2. The Morgan fingerprint density at radius 3 is 2.59 bits per heavy atom. The fraction of sp³-hybridized carbons (Fsp3) is 0.0714. The molecule has 0 fully saturated rings. The van der Waals surface area contributed by atoms with Crippen molar-refractivity contribution >= 4 is 28.3 Å². The highest BCUT2D eigenvalue weighted by atomic mass is 127. The van der Waals surface area contributed by atoms with Crippen molar-refractivity contribution in [2.45, 2.75) is 6.92 Å². The molecule has 0 aliphatic carbocycles. The number of nitrogens with zero attached hydrogens (tertiary/aromatic N) is 1. The van der Waals surface area contributed by atoms with E-state index < -0.39 is 0 Å². The van der Waals surface area contributed by atoms with Gasteiger partial charge in [-0.3, -0.25) is 0 Å². The summed E-state index contributed by atoms with van der Waals surface area (Å²) in [6, 6.07) is 13.8. The summed E-state index contributed by atoms with van der Waals surface area (Å²) < 4.78 is 1.15. The van der Waals surface area contributed by atoms with E-state index in [0.29, 0.717) is 11.3 Å². The van der Waals surface area contributed by atoms with Crippen LogP contribution < -0.4 is 5.73 Å². The van der Waals surface area contributed by atoms with Crippen molar-refractivity contribution < 1.29 is 0 Å². The van der Waals surface area contributed by atoms with Crippen LogP contribution >= 0.6 is 22.6 Å². The van der Waals surface area contributed by atoms with Crippen molar-refractivity contribution in [3.05, 3.63) is 51.1 Å². The molecule has 84 valence electrons. The summed E-state index contributed by atoms with van der Waals surface area (Å²) in [6.07, 6.45) is 0. The van der Waals surface area contributed by atoms with E-state index in [9.17, 15) is 0 Å². The molecule has 0 saturated carbocycles. The van der Waals surface area contributed by atoms with E-state index in [1.807, 2.05) is 13.0 Å². The lowest BCUT2D eigenvalue weighted by atomic mass is 9.96. The number of hydrogen-bond acceptors (Lipinski definition) is 2. The summed E-state index contributed by atoms with van der Waals surface area (Å²) in [7, 11) is 0. The molecule has 2 rings (SSSR count). The maximum absolute atomic E-state index is 9.14. The number of nitriles is 1. The Kier molecular flexibility index (Phi) is 3.34. The monoisotopic (exact) mass is 334 g/mol. The minimum atomic E-state index is 0.657. The van der Waals surface area contributed by atoms with Gasteiger partial charge in [0.05, 0.1) is 11.6 Å². The van der Waals surface area contributed by atoms with Crippen molar-refractivity contribution in [2.75, 3.05) is 5.73 Å². The smallest absolute Gasteiger partial charge is 0.0998 e.